The van der Waals surface area contributed by atoms with E-state index < -0.39 is 0 Å². The predicted octanol–water partition coefficient (Wildman–Crippen LogP) is 2.18. The molecule has 0 aliphatic rings. The van der Waals surface area contributed by atoms with E-state index in [0.29, 0.717) is 11.1 Å². The van der Waals surface area contributed by atoms with Gasteiger partial charge in [-0.2, -0.15) is 0 Å². The Balaban J connectivity index is 0.00000169. The number of aromatic nitrogens is 2. The molecule has 0 aliphatic carbocycles. The third-order valence-corrected chi connectivity index (χ3v) is 2.30. The summed E-state index contributed by atoms with van der Waals surface area (Å²) in [6, 6.07) is -0.202. The Morgan fingerprint density at radius 2 is 2.29 bits per heavy atom. The van der Waals surface area contributed by atoms with Gasteiger partial charge in [-0.25, -0.2) is 0 Å². The van der Waals surface area contributed by atoms with E-state index >= 15 is 0 Å². The smallest absolute Gasteiger partial charge is 0.276 e. The van der Waals surface area contributed by atoms with Gasteiger partial charge < -0.3 is 10.2 Å². The van der Waals surface area contributed by atoms with E-state index in [0.717, 1.165) is 11.3 Å². The van der Waals surface area contributed by atoms with Gasteiger partial charge in [-0.3, -0.25) is 0 Å². The normalized spacial score (nSPS) is 11.9. The summed E-state index contributed by atoms with van der Waals surface area (Å²) in [5.74, 6) is 1.27. The van der Waals surface area contributed by atoms with Crippen molar-refractivity contribution in [3.05, 3.63) is 18.0 Å². The van der Waals surface area contributed by atoms with Gasteiger partial charge in [-0.1, -0.05) is 23.9 Å². The van der Waals surface area contributed by atoms with Gasteiger partial charge in [-0.15, -0.1) is 22.6 Å². The molecule has 14 heavy (non-hydrogen) atoms. The number of nitrogens with two attached hydrogens (primary N) is 1. The van der Waals surface area contributed by atoms with E-state index in [2.05, 4.69) is 16.8 Å². The molecule has 6 heteroatoms. The molecule has 80 valence electrons. The number of hydrogen-bond acceptors (Lipinski definition) is 5. The highest BCUT2D eigenvalue weighted by Gasteiger charge is 2.09. The van der Waals surface area contributed by atoms with Crippen LogP contribution >= 0.6 is 24.2 Å². The molecule has 0 aliphatic heterocycles. The Morgan fingerprint density at radius 1 is 1.64 bits per heavy atom. The molecule has 0 aromatic carbocycles. The van der Waals surface area contributed by atoms with Crippen molar-refractivity contribution < 1.29 is 4.42 Å². The first kappa shape index (κ1) is 13.5. The zero-order valence-electron chi connectivity index (χ0n) is 8.19. The maximum absolute atomic E-state index is 5.56. The number of rotatable bonds is 4. The molecule has 4 nitrogen and oxygen atoms in total. The summed E-state index contributed by atoms with van der Waals surface area (Å²) in [5.41, 5.74) is 6.63. The Hall–Kier alpha value is -0.520. The van der Waals surface area contributed by atoms with Gasteiger partial charge in [0.25, 0.3) is 5.22 Å². The molecule has 1 rings (SSSR count). The van der Waals surface area contributed by atoms with Gasteiger partial charge in [0.1, 0.15) is 0 Å². The van der Waals surface area contributed by atoms with E-state index in [1.54, 1.807) is 6.92 Å². The third-order valence-electron chi connectivity index (χ3n) is 1.25. The quantitative estimate of drug-likeness (QED) is 0.640. The van der Waals surface area contributed by atoms with Crippen LogP contribution in [0.5, 0.6) is 0 Å². The summed E-state index contributed by atoms with van der Waals surface area (Å²) in [5, 5.41) is 8.19. The molecule has 1 aromatic heterocycles. The minimum absolute atomic E-state index is 0. The van der Waals surface area contributed by atoms with Crippen LogP contribution in [0, 0.1) is 0 Å². The summed E-state index contributed by atoms with van der Waals surface area (Å²) < 4.78 is 5.27. The second kappa shape index (κ2) is 6.06. The highest BCUT2D eigenvalue weighted by atomic mass is 35.5. The number of halogens is 1. The van der Waals surface area contributed by atoms with Crippen molar-refractivity contribution in [1.82, 2.24) is 10.2 Å². The zero-order chi connectivity index (χ0) is 9.84. The SMILES string of the molecule is C=C(C)CSc1nnc([C@H](C)N)o1.Cl. The largest absolute Gasteiger partial charge is 0.414 e. The van der Waals surface area contributed by atoms with Gasteiger partial charge >= 0.3 is 0 Å². The Kier molecular flexibility index (Phi) is 5.83. The van der Waals surface area contributed by atoms with Crippen LogP contribution in [-0.4, -0.2) is 16.0 Å². The van der Waals surface area contributed by atoms with Crippen LogP contribution in [0.1, 0.15) is 25.8 Å². The van der Waals surface area contributed by atoms with E-state index in [9.17, 15) is 0 Å². The summed E-state index contributed by atoms with van der Waals surface area (Å²) >= 11 is 1.47. The fourth-order valence-electron chi connectivity index (χ4n) is 0.648. The molecule has 0 radical (unpaired) electrons. The average molecular weight is 236 g/mol. The van der Waals surface area contributed by atoms with Crippen LogP contribution in [-0.2, 0) is 0 Å². The first-order valence-corrected chi connectivity index (χ1v) is 4.94. The Labute approximate surface area is 93.7 Å². The summed E-state index contributed by atoms with van der Waals surface area (Å²) in [6.45, 7) is 7.54. The van der Waals surface area contributed by atoms with Gasteiger partial charge in [-0.05, 0) is 13.8 Å². The van der Waals surface area contributed by atoms with Crippen LogP contribution < -0.4 is 5.73 Å². The molecule has 0 spiro atoms. The first-order chi connectivity index (χ1) is 6.09. The van der Waals surface area contributed by atoms with Gasteiger partial charge in [0.05, 0.1) is 6.04 Å². The molecule has 0 saturated carbocycles. The lowest BCUT2D eigenvalue weighted by molar-refractivity contribution is 0.394. The molecule has 0 amide bonds. The maximum Gasteiger partial charge on any atom is 0.276 e. The molecule has 1 heterocycles. The number of hydrogen-bond donors (Lipinski definition) is 1. The Morgan fingerprint density at radius 3 is 2.71 bits per heavy atom. The van der Waals surface area contributed by atoms with Crippen LogP contribution in [0.3, 0.4) is 0 Å². The molecule has 0 fully saturated rings. The van der Waals surface area contributed by atoms with Crippen molar-refractivity contribution in [2.24, 2.45) is 5.73 Å². The van der Waals surface area contributed by atoms with Crippen molar-refractivity contribution >= 4 is 24.2 Å². The predicted molar refractivity (Wildman–Crippen MR) is 59.7 cm³/mol. The molecule has 1 aromatic rings. The van der Waals surface area contributed by atoms with E-state index in [1.807, 2.05) is 6.92 Å². The first-order valence-electron chi connectivity index (χ1n) is 3.95. The van der Waals surface area contributed by atoms with Crippen LogP contribution in [0.25, 0.3) is 0 Å². The average Bonchev–Trinajstić information content (AvgIpc) is 2.48. The number of nitrogens with zero attached hydrogens (tertiary/aromatic N) is 2. The van der Waals surface area contributed by atoms with E-state index in [1.165, 1.54) is 11.8 Å². The molecule has 2 N–H and O–H groups in total. The third kappa shape index (κ3) is 4.13. The zero-order valence-corrected chi connectivity index (χ0v) is 9.82. The second-order valence-corrected chi connectivity index (χ2v) is 3.87. The lowest BCUT2D eigenvalue weighted by Crippen LogP contribution is -2.04. The summed E-state index contributed by atoms with van der Waals surface area (Å²) in [4.78, 5) is 0. The monoisotopic (exact) mass is 235 g/mol. The molecule has 1 atom stereocenters. The maximum atomic E-state index is 5.56. The van der Waals surface area contributed by atoms with Crippen LogP contribution in [0.4, 0.5) is 0 Å². The molecular formula is C8H14ClN3OS. The second-order valence-electron chi connectivity index (χ2n) is 2.94. The molecule has 0 unspecified atom stereocenters. The molecule has 0 saturated heterocycles. The van der Waals surface area contributed by atoms with Crippen LogP contribution in [0.2, 0.25) is 0 Å². The summed E-state index contributed by atoms with van der Waals surface area (Å²) in [7, 11) is 0. The van der Waals surface area contributed by atoms with E-state index in [-0.39, 0.29) is 18.4 Å². The standard InChI is InChI=1S/C8H13N3OS.ClH/c1-5(2)4-13-8-11-10-7(12-8)6(3)9;/h6H,1,4,9H2,2-3H3;1H/t6-;/m0./s1. The summed E-state index contributed by atoms with van der Waals surface area (Å²) in [6.07, 6.45) is 0. The highest BCUT2D eigenvalue weighted by molar-refractivity contribution is 7.99. The lowest BCUT2D eigenvalue weighted by Gasteiger charge is -1.95. The van der Waals surface area contributed by atoms with Crippen LogP contribution in [0.15, 0.2) is 21.8 Å². The van der Waals surface area contributed by atoms with Crippen molar-refractivity contribution in [2.75, 3.05) is 5.75 Å². The molecule has 0 bridgehead atoms. The van der Waals surface area contributed by atoms with Crippen molar-refractivity contribution in [1.29, 1.82) is 0 Å². The van der Waals surface area contributed by atoms with Crippen molar-refractivity contribution in [2.45, 2.75) is 25.1 Å². The minimum Gasteiger partial charge on any atom is -0.414 e. The molecular weight excluding hydrogens is 222 g/mol. The van der Waals surface area contributed by atoms with Gasteiger partial charge in [0.2, 0.25) is 5.89 Å². The highest BCUT2D eigenvalue weighted by Crippen LogP contribution is 2.19. The Bertz CT molecular complexity index is 301. The number of thioether (sulfide) groups is 1. The van der Waals surface area contributed by atoms with Gasteiger partial charge in [0, 0.05) is 5.75 Å². The fourth-order valence-corrected chi connectivity index (χ4v) is 1.26. The fraction of sp³-hybridized carbons (Fsp3) is 0.500. The topological polar surface area (TPSA) is 64.9 Å². The minimum atomic E-state index is -0.202. The van der Waals surface area contributed by atoms with E-state index in [4.69, 9.17) is 10.2 Å². The van der Waals surface area contributed by atoms with Crippen molar-refractivity contribution in [3.8, 4) is 0 Å². The lowest BCUT2D eigenvalue weighted by atomic mass is 10.4. The van der Waals surface area contributed by atoms with Crippen molar-refractivity contribution in [3.63, 3.8) is 0 Å². The van der Waals surface area contributed by atoms with Gasteiger partial charge in [0.15, 0.2) is 0 Å².